The SMILES string of the molecule is CC1CN(C)CCCN1c1nc(C2CC2)c(C(=O)O)s1. The molecule has 0 spiro atoms. The van der Waals surface area contributed by atoms with E-state index >= 15 is 0 Å². The first kappa shape index (κ1) is 13.8. The summed E-state index contributed by atoms with van der Waals surface area (Å²) in [6.45, 7) is 5.25. The molecular formula is C14H21N3O2S. The lowest BCUT2D eigenvalue weighted by Gasteiger charge is -2.27. The summed E-state index contributed by atoms with van der Waals surface area (Å²) in [4.78, 5) is 21.1. The highest BCUT2D eigenvalue weighted by molar-refractivity contribution is 7.17. The van der Waals surface area contributed by atoms with Gasteiger partial charge in [-0.05, 0) is 39.8 Å². The van der Waals surface area contributed by atoms with E-state index in [-0.39, 0.29) is 0 Å². The predicted molar refractivity (Wildman–Crippen MR) is 80.0 cm³/mol. The van der Waals surface area contributed by atoms with E-state index in [1.165, 1.54) is 11.3 Å². The number of carboxylic acids is 1. The molecule has 1 aliphatic heterocycles. The minimum absolute atomic E-state index is 0.377. The lowest BCUT2D eigenvalue weighted by Crippen LogP contribution is -2.37. The number of rotatable bonds is 3. The van der Waals surface area contributed by atoms with Crippen LogP contribution in [-0.2, 0) is 0 Å². The van der Waals surface area contributed by atoms with Crippen LogP contribution < -0.4 is 4.90 Å². The third kappa shape index (κ3) is 2.67. The Morgan fingerprint density at radius 2 is 2.15 bits per heavy atom. The van der Waals surface area contributed by atoms with E-state index in [4.69, 9.17) is 0 Å². The number of carboxylic acid groups (broad SMARTS) is 1. The Labute approximate surface area is 123 Å². The van der Waals surface area contributed by atoms with E-state index in [2.05, 4.69) is 28.8 Å². The Balaban J connectivity index is 1.89. The van der Waals surface area contributed by atoms with Gasteiger partial charge in [0.15, 0.2) is 5.13 Å². The van der Waals surface area contributed by atoms with Gasteiger partial charge in [0.2, 0.25) is 0 Å². The fraction of sp³-hybridized carbons (Fsp3) is 0.714. The zero-order valence-electron chi connectivity index (χ0n) is 12.0. The second-order valence-electron chi connectivity index (χ2n) is 5.95. The molecule has 1 atom stereocenters. The third-order valence-electron chi connectivity index (χ3n) is 4.09. The van der Waals surface area contributed by atoms with E-state index in [0.29, 0.717) is 16.8 Å². The van der Waals surface area contributed by atoms with Crippen molar-refractivity contribution in [3.8, 4) is 0 Å². The molecule has 2 fully saturated rings. The van der Waals surface area contributed by atoms with Gasteiger partial charge in [0.25, 0.3) is 0 Å². The zero-order valence-corrected chi connectivity index (χ0v) is 12.8. The van der Waals surface area contributed by atoms with Crippen molar-refractivity contribution in [1.82, 2.24) is 9.88 Å². The zero-order chi connectivity index (χ0) is 14.3. The molecule has 1 saturated carbocycles. The minimum atomic E-state index is -0.824. The topological polar surface area (TPSA) is 56.7 Å². The first-order valence-electron chi connectivity index (χ1n) is 7.25. The van der Waals surface area contributed by atoms with Gasteiger partial charge in [-0.2, -0.15) is 0 Å². The molecule has 2 heterocycles. The summed E-state index contributed by atoms with van der Waals surface area (Å²) < 4.78 is 0. The highest BCUT2D eigenvalue weighted by Gasteiger charge is 2.34. The summed E-state index contributed by atoms with van der Waals surface area (Å²) in [5.41, 5.74) is 0.822. The molecule has 1 aromatic rings. The van der Waals surface area contributed by atoms with Gasteiger partial charge in [-0.15, -0.1) is 0 Å². The van der Waals surface area contributed by atoms with Crippen LogP contribution in [0.1, 0.15) is 47.5 Å². The van der Waals surface area contributed by atoms with Gasteiger partial charge in [0, 0.05) is 25.0 Å². The largest absolute Gasteiger partial charge is 0.477 e. The number of aromatic nitrogens is 1. The Bertz CT molecular complexity index is 513. The van der Waals surface area contributed by atoms with Crippen LogP contribution >= 0.6 is 11.3 Å². The van der Waals surface area contributed by atoms with E-state index in [1.54, 1.807) is 0 Å². The van der Waals surface area contributed by atoms with Gasteiger partial charge in [-0.1, -0.05) is 11.3 Å². The summed E-state index contributed by atoms with van der Waals surface area (Å²) >= 11 is 1.35. The van der Waals surface area contributed by atoms with Crippen molar-refractivity contribution in [1.29, 1.82) is 0 Å². The van der Waals surface area contributed by atoms with E-state index in [0.717, 1.165) is 49.7 Å². The smallest absolute Gasteiger partial charge is 0.347 e. The fourth-order valence-electron chi connectivity index (χ4n) is 2.89. The van der Waals surface area contributed by atoms with Crippen LogP contribution in [0.2, 0.25) is 0 Å². The molecule has 3 rings (SSSR count). The molecule has 5 nitrogen and oxygen atoms in total. The maximum Gasteiger partial charge on any atom is 0.347 e. The average Bonchev–Trinajstić information content (AvgIpc) is 3.15. The van der Waals surface area contributed by atoms with Gasteiger partial charge in [-0.3, -0.25) is 0 Å². The number of hydrogen-bond donors (Lipinski definition) is 1. The number of thiazole rings is 1. The number of likely N-dealkylation sites (N-methyl/N-ethyl adjacent to an activating group) is 1. The molecule has 0 amide bonds. The van der Waals surface area contributed by atoms with Crippen molar-refractivity contribution in [3.63, 3.8) is 0 Å². The van der Waals surface area contributed by atoms with Crippen LogP contribution in [0.25, 0.3) is 0 Å². The fourth-order valence-corrected chi connectivity index (χ4v) is 4.01. The summed E-state index contributed by atoms with van der Waals surface area (Å²) in [5.74, 6) is -0.439. The predicted octanol–water partition coefficient (Wildman–Crippen LogP) is 2.25. The van der Waals surface area contributed by atoms with Crippen molar-refractivity contribution >= 4 is 22.4 Å². The van der Waals surface area contributed by atoms with Crippen LogP contribution in [-0.4, -0.2) is 53.7 Å². The second-order valence-corrected chi connectivity index (χ2v) is 6.93. The molecule has 1 aromatic heterocycles. The Kier molecular flexibility index (Phi) is 3.69. The molecule has 1 unspecified atom stereocenters. The lowest BCUT2D eigenvalue weighted by atomic mass is 10.2. The lowest BCUT2D eigenvalue weighted by molar-refractivity contribution is 0.0700. The van der Waals surface area contributed by atoms with Crippen LogP contribution in [0.4, 0.5) is 5.13 Å². The van der Waals surface area contributed by atoms with E-state index in [9.17, 15) is 9.90 Å². The van der Waals surface area contributed by atoms with Gasteiger partial charge >= 0.3 is 5.97 Å². The first-order chi connectivity index (χ1) is 9.56. The van der Waals surface area contributed by atoms with Crippen LogP contribution in [0.15, 0.2) is 0 Å². The van der Waals surface area contributed by atoms with Crippen LogP contribution in [0.5, 0.6) is 0 Å². The van der Waals surface area contributed by atoms with Crippen molar-refractivity contribution < 1.29 is 9.90 Å². The maximum absolute atomic E-state index is 11.4. The molecule has 110 valence electrons. The standard InChI is InChI=1S/C14H21N3O2S/c1-9-8-16(2)6-3-7-17(9)14-15-11(10-4-5-10)12(20-14)13(18)19/h9-10H,3-8H2,1-2H3,(H,18,19). The third-order valence-corrected chi connectivity index (χ3v) is 5.19. The molecule has 1 saturated heterocycles. The molecule has 0 aromatic carbocycles. The molecule has 0 radical (unpaired) electrons. The van der Waals surface area contributed by atoms with E-state index in [1.807, 2.05) is 0 Å². The molecule has 6 heteroatoms. The summed E-state index contributed by atoms with van der Waals surface area (Å²) in [7, 11) is 2.14. The Morgan fingerprint density at radius 3 is 2.80 bits per heavy atom. The Hall–Kier alpha value is -1.14. The Morgan fingerprint density at radius 1 is 1.40 bits per heavy atom. The molecule has 1 N–H and O–H groups in total. The average molecular weight is 295 g/mol. The first-order valence-corrected chi connectivity index (χ1v) is 8.07. The van der Waals surface area contributed by atoms with E-state index < -0.39 is 5.97 Å². The maximum atomic E-state index is 11.4. The minimum Gasteiger partial charge on any atom is -0.477 e. The number of aromatic carboxylic acids is 1. The number of carbonyl (C=O) groups is 1. The molecule has 2 aliphatic rings. The number of hydrogen-bond acceptors (Lipinski definition) is 5. The molecule has 20 heavy (non-hydrogen) atoms. The number of anilines is 1. The van der Waals surface area contributed by atoms with Crippen LogP contribution in [0, 0.1) is 0 Å². The molecular weight excluding hydrogens is 274 g/mol. The molecule has 1 aliphatic carbocycles. The highest BCUT2D eigenvalue weighted by Crippen LogP contribution is 2.44. The highest BCUT2D eigenvalue weighted by atomic mass is 32.1. The summed E-state index contributed by atoms with van der Waals surface area (Å²) in [6, 6.07) is 0.377. The summed E-state index contributed by atoms with van der Waals surface area (Å²) in [6.07, 6.45) is 3.27. The van der Waals surface area contributed by atoms with Crippen LogP contribution in [0.3, 0.4) is 0 Å². The normalized spacial score (nSPS) is 24.7. The second kappa shape index (κ2) is 5.33. The van der Waals surface area contributed by atoms with Crippen molar-refractivity contribution in [2.45, 2.75) is 38.1 Å². The quantitative estimate of drug-likeness (QED) is 0.927. The van der Waals surface area contributed by atoms with Gasteiger partial charge in [-0.25, -0.2) is 9.78 Å². The van der Waals surface area contributed by atoms with Crippen molar-refractivity contribution in [2.24, 2.45) is 0 Å². The number of nitrogens with zero attached hydrogens (tertiary/aromatic N) is 3. The van der Waals surface area contributed by atoms with Gasteiger partial charge in [0.1, 0.15) is 4.88 Å². The molecule has 0 bridgehead atoms. The van der Waals surface area contributed by atoms with Crippen molar-refractivity contribution in [2.75, 3.05) is 31.6 Å². The van der Waals surface area contributed by atoms with Gasteiger partial charge < -0.3 is 14.9 Å². The van der Waals surface area contributed by atoms with Crippen molar-refractivity contribution in [3.05, 3.63) is 10.6 Å². The van der Waals surface area contributed by atoms with Gasteiger partial charge in [0.05, 0.1) is 5.69 Å². The summed E-state index contributed by atoms with van der Waals surface area (Å²) in [5, 5.41) is 10.3. The monoisotopic (exact) mass is 295 g/mol.